The van der Waals surface area contributed by atoms with E-state index in [-0.39, 0.29) is 11.8 Å². The zero-order valence-corrected chi connectivity index (χ0v) is 13.6. The molecule has 0 spiro atoms. The van der Waals surface area contributed by atoms with Gasteiger partial charge in [-0.25, -0.2) is 0 Å². The maximum Gasteiger partial charge on any atom is 0.199 e. The van der Waals surface area contributed by atoms with Crippen LogP contribution < -0.4 is 0 Å². The summed E-state index contributed by atoms with van der Waals surface area (Å²) in [5.74, 6) is -0.753. The van der Waals surface area contributed by atoms with E-state index in [9.17, 15) is 15.3 Å². The predicted octanol–water partition coefficient (Wildman–Crippen LogP) is 2.62. The van der Waals surface area contributed by atoms with Gasteiger partial charge in [0.1, 0.15) is 6.10 Å². The lowest BCUT2D eigenvalue weighted by Gasteiger charge is -2.60. The van der Waals surface area contributed by atoms with E-state index in [1.54, 1.807) is 6.08 Å². The van der Waals surface area contributed by atoms with Crippen molar-refractivity contribution >= 4 is 0 Å². The molecule has 3 nitrogen and oxygen atoms in total. The molecule has 4 aliphatic carbocycles. The minimum Gasteiger partial charge on any atom is -0.383 e. The third kappa shape index (κ3) is 1.63. The second-order valence-corrected chi connectivity index (χ2v) is 8.62. The molecule has 3 N–H and O–H groups in total. The lowest BCUT2D eigenvalue weighted by atomic mass is 9.46. The Bertz CT molecular complexity index is 537. The maximum absolute atomic E-state index is 10.8. The summed E-state index contributed by atoms with van der Waals surface area (Å²) in [6, 6.07) is 0. The Kier molecular flexibility index (Phi) is 3.03. The fourth-order valence-electron chi connectivity index (χ4n) is 6.31. The average Bonchev–Trinajstić information content (AvgIpc) is 2.86. The molecule has 0 aromatic carbocycles. The Balaban J connectivity index is 1.79. The van der Waals surface area contributed by atoms with Crippen LogP contribution in [0.3, 0.4) is 0 Å². The van der Waals surface area contributed by atoms with Gasteiger partial charge in [0.05, 0.1) is 0 Å². The van der Waals surface area contributed by atoms with Crippen LogP contribution in [0.1, 0.15) is 46.0 Å². The quantitative estimate of drug-likeness (QED) is 0.476. The Morgan fingerprint density at radius 2 is 1.64 bits per heavy atom. The minimum atomic E-state index is -2.05. The molecule has 0 amide bonds. The van der Waals surface area contributed by atoms with Gasteiger partial charge in [-0.05, 0) is 48.9 Å². The fraction of sp³-hybridized carbons (Fsp3) is 0.789. The molecule has 2 saturated carbocycles. The molecule has 2 fully saturated rings. The first-order valence-corrected chi connectivity index (χ1v) is 8.80. The van der Waals surface area contributed by atoms with Crippen molar-refractivity contribution in [3.8, 4) is 0 Å². The Morgan fingerprint density at radius 1 is 0.909 bits per heavy atom. The van der Waals surface area contributed by atoms with E-state index in [1.807, 2.05) is 13.0 Å². The van der Waals surface area contributed by atoms with Gasteiger partial charge in [0.15, 0.2) is 5.79 Å². The summed E-state index contributed by atoms with van der Waals surface area (Å²) < 4.78 is 0. The molecular formula is C19H28O3. The number of fused-ring (bicyclic) bond motifs is 5. The van der Waals surface area contributed by atoms with Gasteiger partial charge in [-0.15, -0.1) is 0 Å². The van der Waals surface area contributed by atoms with Crippen molar-refractivity contribution in [2.24, 2.45) is 34.5 Å². The summed E-state index contributed by atoms with van der Waals surface area (Å²) >= 11 is 0. The van der Waals surface area contributed by atoms with Gasteiger partial charge in [0.2, 0.25) is 0 Å². The molecule has 0 aromatic heterocycles. The smallest absolute Gasteiger partial charge is 0.199 e. The Morgan fingerprint density at radius 3 is 2.41 bits per heavy atom. The van der Waals surface area contributed by atoms with Crippen LogP contribution in [-0.2, 0) is 0 Å². The molecule has 122 valence electrons. The molecule has 0 bridgehead atoms. The van der Waals surface area contributed by atoms with Crippen molar-refractivity contribution in [1.82, 2.24) is 0 Å². The molecule has 4 rings (SSSR count). The van der Waals surface area contributed by atoms with E-state index < -0.39 is 17.3 Å². The third-order valence-electron chi connectivity index (χ3n) is 7.82. The van der Waals surface area contributed by atoms with E-state index in [4.69, 9.17) is 0 Å². The van der Waals surface area contributed by atoms with Gasteiger partial charge in [-0.3, -0.25) is 0 Å². The van der Waals surface area contributed by atoms with Crippen LogP contribution >= 0.6 is 0 Å². The molecule has 22 heavy (non-hydrogen) atoms. The van der Waals surface area contributed by atoms with Crippen LogP contribution in [0.4, 0.5) is 0 Å². The standard InChI is InChI=1S/C19H28O3/c1-17-10-3-4-14(17)13-7-5-12-6-8-16(20)19(21,22)18(12,2)15(13)9-11-17/h5-8,12-16,20-22H,3-4,9-11H2,1-2H3/t12?,13-,14-,15-,16?,17-,18-/m0/s1. The molecular weight excluding hydrogens is 276 g/mol. The van der Waals surface area contributed by atoms with E-state index >= 15 is 0 Å². The largest absolute Gasteiger partial charge is 0.383 e. The van der Waals surface area contributed by atoms with Gasteiger partial charge in [-0.1, -0.05) is 44.6 Å². The van der Waals surface area contributed by atoms with Crippen molar-refractivity contribution in [3.63, 3.8) is 0 Å². The molecule has 7 atom stereocenters. The first kappa shape index (κ1) is 14.9. The van der Waals surface area contributed by atoms with Crippen molar-refractivity contribution in [2.75, 3.05) is 0 Å². The summed E-state index contributed by atoms with van der Waals surface area (Å²) in [7, 11) is 0. The van der Waals surface area contributed by atoms with Gasteiger partial charge < -0.3 is 15.3 Å². The third-order valence-corrected chi connectivity index (χ3v) is 7.82. The molecule has 0 saturated heterocycles. The van der Waals surface area contributed by atoms with Gasteiger partial charge in [0.25, 0.3) is 0 Å². The highest BCUT2D eigenvalue weighted by atomic mass is 16.5. The topological polar surface area (TPSA) is 60.7 Å². The lowest BCUT2D eigenvalue weighted by Crippen LogP contribution is -2.65. The van der Waals surface area contributed by atoms with Crippen LogP contribution in [0.25, 0.3) is 0 Å². The summed E-state index contributed by atoms with van der Waals surface area (Å²) in [5, 5.41) is 31.7. The van der Waals surface area contributed by atoms with Gasteiger partial charge >= 0.3 is 0 Å². The summed E-state index contributed by atoms with van der Waals surface area (Å²) in [5.41, 5.74) is -0.282. The van der Waals surface area contributed by atoms with Crippen LogP contribution in [0, 0.1) is 34.5 Å². The number of hydrogen-bond donors (Lipinski definition) is 3. The van der Waals surface area contributed by atoms with Gasteiger partial charge in [-0.2, -0.15) is 0 Å². The molecule has 2 unspecified atom stereocenters. The number of hydrogen-bond acceptors (Lipinski definition) is 3. The second kappa shape index (κ2) is 4.46. The summed E-state index contributed by atoms with van der Waals surface area (Å²) in [6.45, 7) is 4.40. The maximum atomic E-state index is 10.8. The van der Waals surface area contributed by atoms with Crippen molar-refractivity contribution in [2.45, 2.75) is 57.8 Å². The number of aliphatic hydroxyl groups excluding tert-OH is 1. The van der Waals surface area contributed by atoms with Crippen LogP contribution in [0.5, 0.6) is 0 Å². The number of allylic oxidation sites excluding steroid dienone is 3. The zero-order chi connectivity index (χ0) is 15.8. The monoisotopic (exact) mass is 304 g/mol. The normalized spacial score (nSPS) is 55.4. The summed E-state index contributed by atoms with van der Waals surface area (Å²) in [6.07, 6.45) is 12.9. The van der Waals surface area contributed by atoms with E-state index in [2.05, 4.69) is 19.1 Å². The first-order chi connectivity index (χ1) is 10.3. The Hall–Kier alpha value is -0.640. The van der Waals surface area contributed by atoms with Crippen LogP contribution in [-0.4, -0.2) is 27.2 Å². The fourth-order valence-corrected chi connectivity index (χ4v) is 6.31. The molecule has 0 aliphatic heterocycles. The highest BCUT2D eigenvalue weighted by molar-refractivity contribution is 5.27. The lowest BCUT2D eigenvalue weighted by molar-refractivity contribution is -0.312. The molecule has 4 aliphatic rings. The van der Waals surface area contributed by atoms with Crippen LogP contribution in [0.2, 0.25) is 0 Å². The van der Waals surface area contributed by atoms with Crippen molar-refractivity contribution < 1.29 is 15.3 Å². The minimum absolute atomic E-state index is 0.00194. The van der Waals surface area contributed by atoms with Crippen LogP contribution in [0.15, 0.2) is 24.3 Å². The predicted molar refractivity (Wildman–Crippen MR) is 84.7 cm³/mol. The van der Waals surface area contributed by atoms with E-state index in [1.165, 1.54) is 25.7 Å². The second-order valence-electron chi connectivity index (χ2n) is 8.62. The first-order valence-electron chi connectivity index (χ1n) is 8.80. The highest BCUT2D eigenvalue weighted by Gasteiger charge is 2.64. The molecule has 0 aromatic rings. The van der Waals surface area contributed by atoms with Gasteiger partial charge in [0, 0.05) is 11.3 Å². The van der Waals surface area contributed by atoms with E-state index in [0.717, 1.165) is 6.42 Å². The molecule has 0 heterocycles. The van der Waals surface area contributed by atoms with E-state index in [0.29, 0.717) is 17.3 Å². The summed E-state index contributed by atoms with van der Waals surface area (Å²) in [4.78, 5) is 0. The SMILES string of the molecule is C[C@@]12CCC[C@H]1[C@@H]1C=CC3C=CC(O)C(O)(O)[C@]3(C)[C@H]1CC2. The zero-order valence-electron chi connectivity index (χ0n) is 13.6. The molecule has 0 radical (unpaired) electrons. The number of rotatable bonds is 0. The van der Waals surface area contributed by atoms with Crippen molar-refractivity contribution in [3.05, 3.63) is 24.3 Å². The Labute approximate surface area is 132 Å². The average molecular weight is 304 g/mol. The number of aliphatic hydroxyl groups is 3. The molecule has 3 heteroatoms. The highest BCUT2D eigenvalue weighted by Crippen LogP contribution is 2.65. The van der Waals surface area contributed by atoms with Crippen molar-refractivity contribution in [1.29, 1.82) is 0 Å².